The Balaban J connectivity index is 0.920. The summed E-state index contributed by atoms with van der Waals surface area (Å²) in [7, 11) is 0. The molecular weight excluding hydrogens is 1610 g/mol. The van der Waals surface area contributed by atoms with Gasteiger partial charge in [0.05, 0.1) is 72.7 Å². The highest BCUT2D eigenvalue weighted by Crippen LogP contribution is 2.35. The molecule has 638 valence electrons. The molecule has 117 heavy (non-hydrogen) atoms. The van der Waals surface area contributed by atoms with Crippen LogP contribution in [0.2, 0.25) is 0 Å². The minimum Gasteiger partial charge on any atom is -0.441 e. The normalized spacial score (nSPS) is 21.5. The number of primary amides is 3. The number of ether oxygens (including phenoxy) is 5. The number of benzene rings is 2. The van der Waals surface area contributed by atoms with Crippen molar-refractivity contribution in [3.8, 4) is 10.7 Å². The second-order valence-electron chi connectivity index (χ2n) is 27.4. The number of hydrogen-bond donors (Lipinski definition) is 23. The zero-order valence-corrected chi connectivity index (χ0v) is 67.1. The van der Waals surface area contributed by atoms with Crippen LogP contribution in [0, 0.1) is 12.8 Å². The van der Waals surface area contributed by atoms with Crippen molar-refractivity contribution in [1.29, 1.82) is 0 Å². The van der Waals surface area contributed by atoms with Gasteiger partial charge in [-0.25, -0.2) is 29.7 Å². The minimum atomic E-state index is -2.21. The smallest absolute Gasteiger partial charge is 0.404 e. The van der Waals surface area contributed by atoms with Gasteiger partial charge in [-0.1, -0.05) is 43.3 Å². The monoisotopic (exact) mass is 1710 g/mol. The molecule has 19 atom stereocenters. The lowest BCUT2D eigenvalue weighted by molar-refractivity contribution is -0.372. The number of thiocarbonyl (C=S) groups is 2. The van der Waals surface area contributed by atoms with Crippen LogP contribution in [0.15, 0.2) is 83.9 Å². The number of nitrogen functional groups attached to an aromatic ring is 1. The standard InChI is InChI=1S/C71H99N21O21S4/c1-32-47(88-60(91-58(32)74)39(24-45(73)96)81-25-38(72)59(75)102)64(106)90-49(55(40-26-77-31-82-40)111-68-57(53(100)51(98)43(27-93)110-68)112-67-54(101)56(113-69(76)108)52(99)44(28-94)109-67)65(107)83-34(3)50(97)33(2)61(103)89-48(35(4)95)63(105)79-21-18-46-86-42(30-116-46)66-87-41(29-117-66)62(104)78-20-13-23-92(71(115)85-37-16-9-6-10-17-37)22-12-11-19-80-70(114)84-36-14-7-5-8-15-36/h5-10,14-17,26,29-31,33-35,38-39,43-44,48-57,67-68,81,93-95,97-101H,11-13,18-25,27-28,72H2,1-4H3,(H2,73,96)(H2,75,102)(H2,76,108)(H,77,82)(H,78,104)(H,79,105)(H,83,107)(H,85,115)(H,89,103)(H,90,106)(H2,74,88,91)(H2,80,84,114)/t33-,34+,35+,38-,39-,43-,44+,48-,49-,50-,51+,52+,53-,54-,55-,56-,57-,67+,68-/m0/s1. The first-order chi connectivity index (χ1) is 55.8. The average molecular weight is 1710 g/mol. The van der Waals surface area contributed by atoms with Gasteiger partial charge in [-0.2, -0.15) is 0 Å². The van der Waals surface area contributed by atoms with Gasteiger partial charge < -0.3 is 151 Å². The van der Waals surface area contributed by atoms with E-state index >= 15 is 9.59 Å². The van der Waals surface area contributed by atoms with Gasteiger partial charge in [0.15, 0.2) is 28.9 Å². The summed E-state index contributed by atoms with van der Waals surface area (Å²) in [5, 5.41) is 120. The number of aromatic nitrogens is 6. The number of aromatic amines is 1. The Morgan fingerprint density at radius 3 is 2.00 bits per heavy atom. The first-order valence-electron chi connectivity index (χ1n) is 36.9. The van der Waals surface area contributed by atoms with Gasteiger partial charge in [-0.15, -0.1) is 22.7 Å². The molecule has 42 nitrogen and oxygen atoms in total. The first kappa shape index (κ1) is 92.7. The maximum atomic E-state index is 15.3. The van der Waals surface area contributed by atoms with E-state index in [1.165, 1.54) is 50.4 Å². The Bertz CT molecular complexity index is 4300. The Morgan fingerprint density at radius 1 is 0.701 bits per heavy atom. The van der Waals surface area contributed by atoms with Crippen molar-refractivity contribution in [2.75, 3.05) is 68.8 Å². The van der Waals surface area contributed by atoms with E-state index in [1.54, 1.807) is 10.8 Å². The zero-order valence-electron chi connectivity index (χ0n) is 63.8. The van der Waals surface area contributed by atoms with E-state index in [0.717, 1.165) is 36.7 Å². The summed E-state index contributed by atoms with van der Waals surface area (Å²) in [4.78, 5) is 134. The van der Waals surface area contributed by atoms with Crippen LogP contribution in [0.25, 0.3) is 10.7 Å². The maximum Gasteiger partial charge on any atom is 0.404 e. The van der Waals surface area contributed by atoms with Gasteiger partial charge >= 0.3 is 6.09 Å². The third-order valence-corrected chi connectivity index (χ3v) is 21.0. The molecule has 6 aromatic rings. The Hall–Kier alpha value is -9.83. The number of imidazole rings is 1. The lowest BCUT2D eigenvalue weighted by Crippen LogP contribution is -2.65. The lowest BCUT2D eigenvalue weighted by Gasteiger charge is -2.47. The van der Waals surface area contributed by atoms with Crippen molar-refractivity contribution in [1.82, 2.24) is 72.0 Å². The van der Waals surface area contributed by atoms with Crippen molar-refractivity contribution in [3.63, 3.8) is 0 Å². The highest BCUT2D eigenvalue weighted by Gasteiger charge is 2.54. The summed E-state index contributed by atoms with van der Waals surface area (Å²) in [6.45, 7) is 4.75. The maximum absolute atomic E-state index is 15.3. The fourth-order valence-electron chi connectivity index (χ4n) is 12.1. The van der Waals surface area contributed by atoms with E-state index in [-0.39, 0.29) is 54.0 Å². The Kier molecular flexibility index (Phi) is 35.4. The molecule has 2 fully saturated rings. The number of amides is 8. The SMILES string of the molecule is Cc1c(N)nc([C@H](CC(N)=O)NC[C@H](N)C(N)=O)nc1C(=O)N[C@H](C(=O)N[C@H](C)[C@@H](O)[C@H](C)C(=O)N[C@H](C(=O)NCCc1nc(-c2nc(C(=O)NCCCN(CCCCNC(=S)Nc3ccccc3)C(=S)Nc3ccccc3)cs2)cs1)[C@@H](C)O)[C@@H](O[C@@H]1O[C@@H](CO)[C@@H](O)[C@H](O)[C@@H]1O[C@H]1O[C@H](CO)[C@@H](O)[C@H](OC(N)=O)[C@@H]1O)c1cnc[nH]1. The predicted octanol–water partition coefficient (Wildman–Crippen LogP) is -4.12. The van der Waals surface area contributed by atoms with Gasteiger partial charge in [0.2, 0.25) is 29.5 Å². The molecule has 0 spiro atoms. The van der Waals surface area contributed by atoms with Crippen molar-refractivity contribution in [2.45, 2.75) is 170 Å². The second-order valence-corrected chi connectivity index (χ2v) is 30.0. The number of rotatable bonds is 42. The van der Waals surface area contributed by atoms with Crippen LogP contribution in [-0.2, 0) is 54.1 Å². The number of hydrogen-bond acceptors (Lipinski definition) is 33. The van der Waals surface area contributed by atoms with E-state index in [0.29, 0.717) is 58.5 Å². The van der Waals surface area contributed by atoms with E-state index < -0.39 is 183 Å². The van der Waals surface area contributed by atoms with Gasteiger partial charge in [0.25, 0.3) is 11.8 Å². The molecule has 28 N–H and O–H groups in total. The number of unbranched alkanes of at least 4 members (excludes halogenated alkanes) is 1. The molecule has 0 bridgehead atoms. The number of thiazole rings is 2. The summed E-state index contributed by atoms with van der Waals surface area (Å²) in [5.74, 6) is -8.88. The van der Waals surface area contributed by atoms with Crippen molar-refractivity contribution >= 4 is 122 Å². The van der Waals surface area contributed by atoms with Gasteiger partial charge in [0.1, 0.15) is 94.6 Å². The first-order valence-corrected chi connectivity index (χ1v) is 39.5. The molecule has 2 aliphatic heterocycles. The summed E-state index contributed by atoms with van der Waals surface area (Å²) in [6.07, 6.45) is -23.1. The average Bonchev–Trinajstić information content (AvgIpc) is 0.825. The van der Waals surface area contributed by atoms with Gasteiger partial charge in [0, 0.05) is 79.8 Å². The van der Waals surface area contributed by atoms with E-state index in [1.807, 2.05) is 60.7 Å². The van der Waals surface area contributed by atoms with Crippen LogP contribution in [0.3, 0.4) is 0 Å². The van der Waals surface area contributed by atoms with Crippen LogP contribution >= 0.6 is 47.1 Å². The Labute approximate surface area is 688 Å². The van der Waals surface area contributed by atoms with E-state index in [9.17, 15) is 69.6 Å². The molecule has 0 saturated carbocycles. The van der Waals surface area contributed by atoms with Crippen LogP contribution in [0.4, 0.5) is 22.0 Å². The highest BCUT2D eigenvalue weighted by molar-refractivity contribution is 7.80. The molecular formula is C71H99N21O21S4. The van der Waals surface area contributed by atoms with Gasteiger partial charge in [-0.3, -0.25) is 33.6 Å². The summed E-state index contributed by atoms with van der Waals surface area (Å²) >= 11 is 13.8. The van der Waals surface area contributed by atoms with Crippen LogP contribution in [0.5, 0.6) is 0 Å². The van der Waals surface area contributed by atoms with Gasteiger partial charge in [-0.05, 0) is 88.7 Å². The fourth-order valence-corrected chi connectivity index (χ4v) is 14.2. The number of nitrogens with two attached hydrogens (primary N) is 5. The van der Waals surface area contributed by atoms with E-state index in [4.69, 9.17) is 76.8 Å². The molecule has 4 aromatic heterocycles. The number of nitrogens with zero attached hydrogens (tertiary/aromatic N) is 6. The number of nitrogens with one attached hydrogen (secondary N) is 10. The predicted molar refractivity (Wildman–Crippen MR) is 429 cm³/mol. The molecule has 0 unspecified atom stereocenters. The fraction of sp³-hybridized carbons (Fsp3) is 0.507. The molecule has 8 rings (SSSR count). The van der Waals surface area contributed by atoms with Crippen LogP contribution in [-0.4, -0.2) is 284 Å². The molecule has 2 aromatic carbocycles. The number of aliphatic hydroxyl groups excluding tert-OH is 8. The summed E-state index contributed by atoms with van der Waals surface area (Å²) < 4.78 is 28.8. The van der Waals surface area contributed by atoms with Crippen molar-refractivity contribution < 1.29 is 103 Å². The van der Waals surface area contributed by atoms with Crippen LogP contribution < -0.4 is 76.5 Å². The number of para-hydroxylation sites is 2. The Morgan fingerprint density at radius 2 is 1.36 bits per heavy atom. The summed E-state index contributed by atoms with van der Waals surface area (Å²) in [5.41, 5.74) is 29.8. The number of H-pyrrole nitrogens is 1. The number of carbonyl (C=O) groups is 8. The topological polar surface area (TPSA) is 666 Å². The second kappa shape index (κ2) is 44.7. The van der Waals surface area contributed by atoms with Crippen molar-refractivity contribution in [3.05, 3.63) is 117 Å². The molecule has 6 heterocycles. The zero-order chi connectivity index (χ0) is 85.3. The lowest BCUT2D eigenvalue weighted by atomic mass is 9.96. The molecule has 0 radical (unpaired) electrons. The number of anilines is 3. The third-order valence-electron chi connectivity index (χ3n) is 18.6. The molecule has 0 aliphatic carbocycles. The molecule has 8 amide bonds. The quantitative estimate of drug-likeness (QED) is 0.0128. The van der Waals surface area contributed by atoms with E-state index in [2.05, 4.69) is 82.7 Å². The molecule has 2 aliphatic rings. The minimum absolute atomic E-state index is 0.0404. The molecule has 2 saturated heterocycles. The molecule has 46 heteroatoms. The summed E-state index contributed by atoms with van der Waals surface area (Å²) in [6, 6.07) is 11.3. The number of aliphatic hydroxyl groups is 8. The highest BCUT2D eigenvalue weighted by atomic mass is 32.1. The van der Waals surface area contributed by atoms with Crippen molar-refractivity contribution in [2.24, 2.45) is 28.9 Å². The largest absolute Gasteiger partial charge is 0.441 e. The number of carbonyl (C=O) groups excluding carboxylic acids is 8. The van der Waals surface area contributed by atoms with Crippen LogP contribution in [0.1, 0.15) is 102 Å². The third kappa shape index (κ3) is 26.3.